The maximum Gasteiger partial charge on any atom is 0.416 e. The highest BCUT2D eigenvalue weighted by Gasteiger charge is 2.30. The fourth-order valence-corrected chi connectivity index (χ4v) is 4.86. The van der Waals surface area contributed by atoms with Gasteiger partial charge in [-0.1, -0.05) is 78.9 Å². The van der Waals surface area contributed by atoms with Crippen LogP contribution in [-0.4, -0.2) is 24.8 Å². The monoisotopic (exact) mass is 607 g/mol. The molecule has 3 N–H and O–H groups in total. The van der Waals surface area contributed by atoms with Crippen molar-refractivity contribution in [3.8, 4) is 22.3 Å². The Morgan fingerprint density at radius 1 is 0.622 bits per heavy atom. The molecule has 0 saturated heterocycles. The summed E-state index contributed by atoms with van der Waals surface area (Å²) < 4.78 is 39.0. The minimum Gasteiger partial charge on any atom is -0.355 e. The first-order chi connectivity index (χ1) is 21.6. The molecule has 5 rings (SSSR count). The van der Waals surface area contributed by atoms with Gasteiger partial charge in [0.1, 0.15) is 0 Å². The van der Waals surface area contributed by atoms with Gasteiger partial charge in [-0.15, -0.1) is 0 Å². The van der Waals surface area contributed by atoms with Crippen LogP contribution < -0.4 is 16.0 Å². The van der Waals surface area contributed by atoms with Crippen LogP contribution in [0.5, 0.6) is 0 Å². The highest BCUT2D eigenvalue weighted by Crippen LogP contribution is 2.32. The van der Waals surface area contributed by atoms with Gasteiger partial charge in [-0.25, -0.2) is 0 Å². The third kappa shape index (κ3) is 7.27. The Morgan fingerprint density at radius 3 is 1.76 bits per heavy atom. The van der Waals surface area contributed by atoms with E-state index in [1.165, 1.54) is 12.1 Å². The highest BCUT2D eigenvalue weighted by atomic mass is 19.4. The zero-order valence-corrected chi connectivity index (χ0v) is 24.1. The number of carbonyl (C=O) groups excluding carboxylic acids is 3. The molecular formula is C36H28F3N3O3. The summed E-state index contributed by atoms with van der Waals surface area (Å²) in [6.45, 7) is 0.257. The molecule has 5 aromatic carbocycles. The van der Waals surface area contributed by atoms with Crippen molar-refractivity contribution >= 4 is 23.4 Å². The molecule has 0 aliphatic carbocycles. The third-order valence-corrected chi connectivity index (χ3v) is 7.19. The molecule has 6 nitrogen and oxygen atoms in total. The fraction of sp³-hybridized carbons (Fsp3) is 0.0833. The molecule has 0 aromatic heterocycles. The van der Waals surface area contributed by atoms with Crippen molar-refractivity contribution in [2.24, 2.45) is 0 Å². The van der Waals surface area contributed by atoms with E-state index >= 15 is 0 Å². The lowest BCUT2D eigenvalue weighted by Crippen LogP contribution is -2.23. The number of nitrogens with one attached hydrogen (secondary N) is 3. The number of alkyl halides is 3. The Bertz CT molecular complexity index is 1850. The summed E-state index contributed by atoms with van der Waals surface area (Å²) in [4.78, 5) is 38.4. The lowest BCUT2D eigenvalue weighted by molar-refractivity contribution is -0.137. The van der Waals surface area contributed by atoms with E-state index in [4.69, 9.17) is 0 Å². The summed E-state index contributed by atoms with van der Waals surface area (Å²) >= 11 is 0. The van der Waals surface area contributed by atoms with E-state index in [0.29, 0.717) is 27.9 Å². The lowest BCUT2D eigenvalue weighted by Gasteiger charge is -2.13. The third-order valence-electron chi connectivity index (χ3n) is 7.19. The topological polar surface area (TPSA) is 87.3 Å². The second-order valence-electron chi connectivity index (χ2n) is 10.2. The smallest absolute Gasteiger partial charge is 0.355 e. The zero-order chi connectivity index (χ0) is 32.0. The van der Waals surface area contributed by atoms with E-state index in [9.17, 15) is 27.6 Å². The van der Waals surface area contributed by atoms with Gasteiger partial charge < -0.3 is 16.0 Å². The van der Waals surface area contributed by atoms with Gasteiger partial charge in [0.05, 0.1) is 5.56 Å². The molecule has 226 valence electrons. The fourth-order valence-electron chi connectivity index (χ4n) is 4.86. The Labute approximate surface area is 257 Å². The van der Waals surface area contributed by atoms with Crippen molar-refractivity contribution in [2.45, 2.75) is 12.7 Å². The van der Waals surface area contributed by atoms with Crippen molar-refractivity contribution < 1.29 is 27.6 Å². The van der Waals surface area contributed by atoms with E-state index in [1.54, 1.807) is 67.7 Å². The van der Waals surface area contributed by atoms with Gasteiger partial charge in [0.15, 0.2) is 0 Å². The molecule has 0 fully saturated rings. The SMILES string of the molecule is CNC(=O)c1ccccc1-c1ccc(CNC(=O)c2cccc(NC(=O)c3ccccc3-c3ccc(C(F)(F)F)cc3)c2)cc1. The maximum absolute atomic E-state index is 13.2. The van der Waals surface area contributed by atoms with Crippen molar-refractivity contribution in [3.63, 3.8) is 0 Å². The van der Waals surface area contributed by atoms with Crippen LogP contribution in [0.25, 0.3) is 22.3 Å². The second-order valence-corrected chi connectivity index (χ2v) is 10.2. The number of anilines is 1. The average molecular weight is 608 g/mol. The molecule has 0 radical (unpaired) electrons. The Balaban J connectivity index is 1.24. The van der Waals surface area contributed by atoms with Crippen LogP contribution in [0.1, 0.15) is 42.2 Å². The molecule has 9 heteroatoms. The Hall–Kier alpha value is -5.70. The van der Waals surface area contributed by atoms with Gasteiger partial charge in [0, 0.05) is 36.0 Å². The van der Waals surface area contributed by atoms with Crippen LogP contribution in [-0.2, 0) is 12.7 Å². The molecule has 0 aliphatic rings. The van der Waals surface area contributed by atoms with Gasteiger partial charge in [-0.2, -0.15) is 13.2 Å². The summed E-state index contributed by atoms with van der Waals surface area (Å²) in [7, 11) is 1.58. The Morgan fingerprint density at radius 2 is 1.18 bits per heavy atom. The molecule has 45 heavy (non-hydrogen) atoms. The number of halogens is 3. The lowest BCUT2D eigenvalue weighted by atomic mass is 9.98. The summed E-state index contributed by atoms with van der Waals surface area (Å²) in [5.74, 6) is -0.991. The molecule has 0 spiro atoms. The van der Waals surface area contributed by atoms with Crippen molar-refractivity contribution in [1.29, 1.82) is 0 Å². The van der Waals surface area contributed by atoms with E-state index in [2.05, 4.69) is 16.0 Å². The van der Waals surface area contributed by atoms with Crippen LogP contribution in [0.3, 0.4) is 0 Å². The summed E-state index contributed by atoms with van der Waals surface area (Å²) in [5.41, 5.74) is 4.24. The molecular weight excluding hydrogens is 579 g/mol. The molecule has 0 atom stereocenters. The van der Waals surface area contributed by atoms with E-state index in [1.807, 2.05) is 36.4 Å². The summed E-state index contributed by atoms with van der Waals surface area (Å²) in [6, 6.07) is 32.5. The highest BCUT2D eigenvalue weighted by molar-refractivity contribution is 6.09. The van der Waals surface area contributed by atoms with Gasteiger partial charge >= 0.3 is 6.18 Å². The van der Waals surface area contributed by atoms with Gasteiger partial charge in [0.2, 0.25) is 0 Å². The normalized spacial score (nSPS) is 11.0. The predicted molar refractivity (Wildman–Crippen MR) is 168 cm³/mol. The quantitative estimate of drug-likeness (QED) is 0.170. The molecule has 0 saturated carbocycles. The first kappa shape index (κ1) is 30.7. The van der Waals surface area contributed by atoms with Crippen LogP contribution >= 0.6 is 0 Å². The summed E-state index contributed by atoms with van der Waals surface area (Å²) in [5, 5.41) is 8.31. The van der Waals surface area contributed by atoms with Gasteiger partial charge in [0.25, 0.3) is 17.7 Å². The molecule has 3 amide bonds. The number of hydrogen-bond donors (Lipinski definition) is 3. The van der Waals surface area contributed by atoms with Crippen LogP contribution in [0.15, 0.2) is 121 Å². The molecule has 0 bridgehead atoms. The van der Waals surface area contributed by atoms with Crippen LogP contribution in [0.2, 0.25) is 0 Å². The van der Waals surface area contributed by atoms with Crippen molar-refractivity contribution in [3.05, 3.63) is 149 Å². The Kier molecular flexibility index (Phi) is 9.09. The van der Waals surface area contributed by atoms with E-state index in [-0.39, 0.29) is 23.9 Å². The zero-order valence-electron chi connectivity index (χ0n) is 24.1. The standard InChI is InChI=1S/C36H28F3N3O3/c1-40-34(44)31-11-4-2-9-29(31)24-15-13-23(14-16-24)22-41-33(43)26-7-6-8-28(21-26)42-35(45)32-12-5-3-10-30(32)25-17-19-27(20-18-25)36(37,38)39/h2-21H,22H2,1H3,(H,40,44)(H,41,43)(H,42,45). The van der Waals surface area contributed by atoms with Gasteiger partial charge in [-0.05, 0) is 70.3 Å². The number of hydrogen-bond acceptors (Lipinski definition) is 3. The van der Waals surface area contributed by atoms with Gasteiger partial charge in [-0.3, -0.25) is 14.4 Å². The predicted octanol–water partition coefficient (Wildman–Crippen LogP) is 7.58. The number of carbonyl (C=O) groups is 3. The number of amides is 3. The first-order valence-corrected chi connectivity index (χ1v) is 14.0. The molecule has 5 aromatic rings. The number of rotatable bonds is 8. The van der Waals surface area contributed by atoms with Crippen molar-refractivity contribution in [1.82, 2.24) is 10.6 Å². The number of benzene rings is 5. The van der Waals surface area contributed by atoms with Crippen molar-refractivity contribution in [2.75, 3.05) is 12.4 Å². The average Bonchev–Trinajstić information content (AvgIpc) is 3.07. The maximum atomic E-state index is 13.2. The van der Waals surface area contributed by atoms with Crippen LogP contribution in [0.4, 0.5) is 18.9 Å². The first-order valence-electron chi connectivity index (χ1n) is 14.0. The van der Waals surface area contributed by atoms with Crippen LogP contribution in [0, 0.1) is 0 Å². The molecule has 0 aliphatic heterocycles. The molecule has 0 heterocycles. The van der Waals surface area contributed by atoms with E-state index in [0.717, 1.165) is 28.8 Å². The second kappa shape index (κ2) is 13.3. The van der Waals surface area contributed by atoms with E-state index < -0.39 is 17.6 Å². The molecule has 0 unspecified atom stereocenters. The largest absolute Gasteiger partial charge is 0.416 e. The minimum atomic E-state index is -4.46. The minimum absolute atomic E-state index is 0.177. The summed E-state index contributed by atoms with van der Waals surface area (Å²) in [6.07, 6.45) is -4.46.